The topological polar surface area (TPSA) is 80.6 Å². The van der Waals surface area contributed by atoms with E-state index in [0.29, 0.717) is 4.80 Å². The van der Waals surface area contributed by atoms with Crippen LogP contribution in [0.4, 0.5) is 0 Å². The van der Waals surface area contributed by atoms with Gasteiger partial charge in [-0.25, -0.2) is 4.79 Å². The van der Waals surface area contributed by atoms with Gasteiger partial charge in [-0.05, 0) is 0 Å². The summed E-state index contributed by atoms with van der Waals surface area (Å²) < 4.78 is 1.42. The third-order valence-corrected chi connectivity index (χ3v) is 2.19. The quantitative estimate of drug-likeness (QED) is 0.446. The van der Waals surface area contributed by atoms with Crippen molar-refractivity contribution in [2.45, 2.75) is 0 Å². The van der Waals surface area contributed by atoms with Gasteiger partial charge in [-0.1, -0.05) is 0 Å². The van der Waals surface area contributed by atoms with E-state index < -0.39 is 5.97 Å². The molecule has 0 saturated carbocycles. The van der Waals surface area contributed by atoms with Crippen LogP contribution < -0.4 is 10.6 Å². The number of aromatic nitrogens is 1. The van der Waals surface area contributed by atoms with Crippen LogP contribution in [0, 0.1) is 0 Å². The first kappa shape index (κ1) is 7.80. The highest BCUT2D eigenvalue weighted by Crippen LogP contribution is 1.98. The molecule has 0 amide bonds. The Bertz CT molecular complexity index is 338. The molecule has 0 saturated heterocycles. The maximum absolute atomic E-state index is 10.5. The summed E-state index contributed by atoms with van der Waals surface area (Å²) in [6.07, 6.45) is 0. The van der Waals surface area contributed by atoms with E-state index >= 15 is 0 Å². The monoisotopic (exact) mass is 173 g/mol. The molecule has 0 aliphatic carbocycles. The van der Waals surface area contributed by atoms with Crippen molar-refractivity contribution in [1.82, 2.24) is 4.57 Å². The van der Waals surface area contributed by atoms with Crippen LogP contribution in [0.3, 0.4) is 0 Å². The highest BCUT2D eigenvalue weighted by Gasteiger charge is 2.07. The van der Waals surface area contributed by atoms with Crippen LogP contribution in [-0.4, -0.2) is 15.6 Å². The number of carbonyl (C=O) groups is 1. The summed E-state index contributed by atoms with van der Waals surface area (Å²) in [5.74, 6) is 4.01. The van der Waals surface area contributed by atoms with E-state index in [0.717, 1.165) is 0 Å². The average Bonchev–Trinajstić information content (AvgIpc) is 2.30. The van der Waals surface area contributed by atoms with E-state index in [4.69, 9.17) is 10.9 Å². The SMILES string of the molecule is Cn1c(C(=O)O)cs/c1=N/N. The van der Waals surface area contributed by atoms with E-state index in [9.17, 15) is 4.79 Å². The largest absolute Gasteiger partial charge is 0.477 e. The zero-order chi connectivity index (χ0) is 8.43. The van der Waals surface area contributed by atoms with Crippen molar-refractivity contribution in [1.29, 1.82) is 0 Å². The highest BCUT2D eigenvalue weighted by molar-refractivity contribution is 7.07. The molecule has 0 unspecified atom stereocenters. The number of thiazole rings is 1. The van der Waals surface area contributed by atoms with Crippen LogP contribution in [0.5, 0.6) is 0 Å². The molecule has 1 heterocycles. The summed E-state index contributed by atoms with van der Waals surface area (Å²) in [5.41, 5.74) is 0.194. The number of rotatable bonds is 1. The van der Waals surface area contributed by atoms with Gasteiger partial charge in [-0.3, -0.25) is 0 Å². The number of hydrogen-bond acceptors (Lipinski definition) is 4. The van der Waals surface area contributed by atoms with Crippen LogP contribution in [-0.2, 0) is 7.05 Å². The Labute approximate surface area is 66.4 Å². The fourth-order valence-electron chi connectivity index (χ4n) is 0.681. The van der Waals surface area contributed by atoms with Crippen molar-refractivity contribution in [2.75, 3.05) is 0 Å². The van der Waals surface area contributed by atoms with E-state index in [2.05, 4.69) is 5.10 Å². The van der Waals surface area contributed by atoms with Gasteiger partial charge in [0.05, 0.1) is 0 Å². The molecule has 0 aliphatic rings. The lowest BCUT2D eigenvalue weighted by molar-refractivity contribution is 0.0686. The van der Waals surface area contributed by atoms with Crippen LogP contribution in [0.2, 0.25) is 0 Å². The third kappa shape index (κ3) is 1.25. The number of nitrogens with zero attached hydrogens (tertiary/aromatic N) is 2. The van der Waals surface area contributed by atoms with Crippen LogP contribution in [0.25, 0.3) is 0 Å². The van der Waals surface area contributed by atoms with Crippen molar-refractivity contribution in [2.24, 2.45) is 18.0 Å². The molecule has 0 radical (unpaired) electrons. The van der Waals surface area contributed by atoms with Crippen molar-refractivity contribution < 1.29 is 9.90 Å². The van der Waals surface area contributed by atoms with Gasteiger partial charge in [0.25, 0.3) is 0 Å². The first-order valence-corrected chi connectivity index (χ1v) is 3.66. The normalized spacial score (nSPS) is 11.9. The lowest BCUT2D eigenvalue weighted by Crippen LogP contribution is -2.17. The van der Waals surface area contributed by atoms with Gasteiger partial charge in [0, 0.05) is 12.4 Å². The molecule has 60 valence electrons. The van der Waals surface area contributed by atoms with Gasteiger partial charge in [0.15, 0.2) is 0 Å². The molecule has 6 heteroatoms. The number of carboxylic acids is 1. The van der Waals surface area contributed by atoms with Crippen molar-refractivity contribution in [3.8, 4) is 0 Å². The third-order valence-electron chi connectivity index (χ3n) is 1.25. The molecule has 0 atom stereocenters. The van der Waals surface area contributed by atoms with Gasteiger partial charge in [-0.2, -0.15) is 5.10 Å². The van der Waals surface area contributed by atoms with Crippen LogP contribution in [0.1, 0.15) is 10.5 Å². The summed E-state index contributed by atoms with van der Waals surface area (Å²) in [5, 5.41) is 13.5. The molecule has 0 bridgehead atoms. The van der Waals surface area contributed by atoms with Gasteiger partial charge >= 0.3 is 5.97 Å². The maximum atomic E-state index is 10.5. The first-order chi connectivity index (χ1) is 5.16. The smallest absolute Gasteiger partial charge is 0.353 e. The predicted octanol–water partition coefficient (Wildman–Crippen LogP) is -0.441. The Morgan fingerprint density at radius 2 is 2.55 bits per heavy atom. The number of hydrogen-bond donors (Lipinski definition) is 2. The minimum absolute atomic E-state index is 0.194. The van der Waals surface area contributed by atoms with E-state index in [1.54, 1.807) is 7.05 Å². The molecule has 11 heavy (non-hydrogen) atoms. The van der Waals surface area contributed by atoms with Crippen LogP contribution >= 0.6 is 11.3 Å². The summed E-state index contributed by atoms with van der Waals surface area (Å²) in [6.45, 7) is 0. The second kappa shape index (κ2) is 2.75. The predicted molar refractivity (Wildman–Crippen MR) is 40.0 cm³/mol. The molecular weight excluding hydrogens is 166 g/mol. The summed E-state index contributed by atoms with van der Waals surface area (Å²) >= 11 is 1.19. The number of carboxylic acid groups (broad SMARTS) is 1. The maximum Gasteiger partial charge on any atom is 0.353 e. The molecule has 1 aromatic rings. The lowest BCUT2D eigenvalue weighted by Gasteiger charge is -1.93. The van der Waals surface area contributed by atoms with Crippen molar-refractivity contribution >= 4 is 17.3 Å². The summed E-state index contributed by atoms with van der Waals surface area (Å²) in [7, 11) is 1.60. The van der Waals surface area contributed by atoms with Gasteiger partial charge in [0.1, 0.15) is 5.69 Å². The van der Waals surface area contributed by atoms with E-state index in [1.807, 2.05) is 0 Å². The Morgan fingerprint density at radius 3 is 2.82 bits per heavy atom. The van der Waals surface area contributed by atoms with Crippen LogP contribution in [0.15, 0.2) is 10.5 Å². The molecule has 1 rings (SSSR count). The summed E-state index contributed by atoms with van der Waals surface area (Å²) in [6, 6.07) is 0. The molecular formula is C5H7N3O2S. The fraction of sp³-hybridized carbons (Fsp3) is 0.200. The molecule has 0 spiro atoms. The lowest BCUT2D eigenvalue weighted by atomic mass is 10.5. The molecule has 1 aromatic heterocycles. The molecule has 0 fully saturated rings. The Morgan fingerprint density at radius 1 is 1.91 bits per heavy atom. The molecule has 3 N–H and O–H groups in total. The second-order valence-corrected chi connectivity index (χ2v) is 2.73. The minimum Gasteiger partial charge on any atom is -0.477 e. The summed E-state index contributed by atoms with van der Waals surface area (Å²) in [4.78, 5) is 10.9. The Balaban J connectivity index is 3.33. The van der Waals surface area contributed by atoms with Gasteiger partial charge in [-0.15, -0.1) is 11.3 Å². The van der Waals surface area contributed by atoms with Crippen molar-refractivity contribution in [3.63, 3.8) is 0 Å². The van der Waals surface area contributed by atoms with E-state index in [-0.39, 0.29) is 5.69 Å². The van der Waals surface area contributed by atoms with Gasteiger partial charge in [0.2, 0.25) is 4.80 Å². The second-order valence-electron chi connectivity index (χ2n) is 1.90. The Hall–Kier alpha value is -1.30. The Kier molecular flexibility index (Phi) is 1.95. The number of aromatic carboxylic acids is 1. The first-order valence-electron chi connectivity index (χ1n) is 2.78. The standard InChI is InChI=1S/C5H7N3O2S/c1-8-3(4(9)10)2-11-5(8)7-6/h2H,6H2,1H3,(H,9,10)/b7-5+. The van der Waals surface area contributed by atoms with Crippen molar-refractivity contribution in [3.05, 3.63) is 15.9 Å². The van der Waals surface area contributed by atoms with E-state index in [1.165, 1.54) is 21.3 Å². The molecule has 0 aromatic carbocycles. The highest BCUT2D eigenvalue weighted by atomic mass is 32.1. The van der Waals surface area contributed by atoms with Gasteiger partial charge < -0.3 is 15.5 Å². The molecule has 0 aliphatic heterocycles. The number of nitrogens with two attached hydrogens (primary N) is 1. The average molecular weight is 173 g/mol. The molecule has 5 nitrogen and oxygen atoms in total. The zero-order valence-corrected chi connectivity index (χ0v) is 6.63. The fourth-order valence-corrected chi connectivity index (χ4v) is 1.47. The zero-order valence-electron chi connectivity index (χ0n) is 5.81. The minimum atomic E-state index is -0.973.